The van der Waals surface area contributed by atoms with Gasteiger partial charge in [0.25, 0.3) is 0 Å². The second kappa shape index (κ2) is 7.69. The molecule has 0 nitrogen and oxygen atoms in total. The second-order valence-electron chi connectivity index (χ2n) is 9.94. The Morgan fingerprint density at radius 1 is 1.07 bits per heavy atom. The van der Waals surface area contributed by atoms with Crippen LogP contribution < -0.4 is 0 Å². The van der Waals surface area contributed by atoms with Gasteiger partial charge in [-0.15, -0.1) is 6.58 Å². The summed E-state index contributed by atoms with van der Waals surface area (Å²) in [6.07, 6.45) is 24.7. The van der Waals surface area contributed by atoms with Crippen molar-refractivity contribution in [2.24, 2.45) is 52.8 Å². The van der Waals surface area contributed by atoms with Crippen LogP contribution in [0, 0.1) is 52.8 Å². The predicted octanol–water partition coefficient (Wildman–Crippen LogP) is 7.75. The zero-order chi connectivity index (χ0) is 19.2. The predicted molar refractivity (Wildman–Crippen MR) is 126 cm³/mol. The Hall–Kier alpha value is -0.570. The van der Waals surface area contributed by atoms with E-state index in [1.54, 1.807) is 3.58 Å². The molecule has 0 aromatic carbocycles. The fourth-order valence-electron chi connectivity index (χ4n) is 6.87. The number of allylic oxidation sites excluding steroid dienone is 9. The Labute approximate surface area is 180 Å². The van der Waals surface area contributed by atoms with Crippen LogP contribution in [0.1, 0.15) is 46.5 Å². The van der Waals surface area contributed by atoms with E-state index in [1.807, 2.05) is 0 Å². The zero-order valence-electron chi connectivity index (χ0n) is 17.2. The highest BCUT2D eigenvalue weighted by atomic mass is 127. The molecule has 0 aliphatic heterocycles. The number of hydrogen-bond acceptors (Lipinski definition) is 0. The fraction of sp³-hybridized carbons (Fsp3) is 0.615. The molecular formula is C26H35I. The van der Waals surface area contributed by atoms with Crippen molar-refractivity contribution >= 4 is 22.6 Å². The number of halogens is 1. The van der Waals surface area contributed by atoms with Gasteiger partial charge in [0, 0.05) is 5.92 Å². The highest BCUT2D eigenvalue weighted by Gasteiger charge is 2.55. The number of hydrogen-bond donors (Lipinski definition) is 0. The fourth-order valence-corrected chi connectivity index (χ4v) is 7.60. The van der Waals surface area contributed by atoms with Crippen LogP contribution >= 0.6 is 22.6 Å². The van der Waals surface area contributed by atoms with Crippen LogP contribution in [-0.2, 0) is 0 Å². The van der Waals surface area contributed by atoms with E-state index < -0.39 is 0 Å². The molecule has 0 radical (unpaired) electrons. The maximum absolute atomic E-state index is 4.06. The second-order valence-corrected chi connectivity index (χ2v) is 11.3. The average molecular weight is 474 g/mol. The van der Waals surface area contributed by atoms with Gasteiger partial charge >= 0.3 is 0 Å². The maximum Gasteiger partial charge on any atom is 0.000701 e. The van der Waals surface area contributed by atoms with E-state index in [9.17, 15) is 0 Å². The molecule has 1 saturated carbocycles. The van der Waals surface area contributed by atoms with E-state index in [4.69, 9.17) is 0 Å². The Morgan fingerprint density at radius 3 is 2.56 bits per heavy atom. The lowest BCUT2D eigenvalue weighted by Gasteiger charge is -2.41. The molecule has 0 aromatic heterocycles. The molecule has 0 bridgehead atoms. The first-order chi connectivity index (χ1) is 13.0. The first-order valence-corrected chi connectivity index (χ1v) is 12.0. The van der Waals surface area contributed by atoms with Gasteiger partial charge in [-0.05, 0) is 106 Å². The molecule has 27 heavy (non-hydrogen) atoms. The third-order valence-electron chi connectivity index (χ3n) is 8.40. The normalized spacial score (nSPS) is 45.4. The minimum atomic E-state index is 0.466. The first-order valence-electron chi connectivity index (χ1n) is 10.9. The molecule has 0 saturated heterocycles. The van der Waals surface area contributed by atoms with Gasteiger partial charge in [-0.1, -0.05) is 62.5 Å². The smallest absolute Gasteiger partial charge is 0.000701 e. The quantitative estimate of drug-likeness (QED) is 0.290. The van der Waals surface area contributed by atoms with Gasteiger partial charge in [0.1, 0.15) is 0 Å². The molecule has 4 aliphatic carbocycles. The Bertz CT molecular complexity index is 691. The molecule has 0 heterocycles. The molecule has 8 atom stereocenters. The minimum absolute atomic E-state index is 0.466. The largest absolute Gasteiger partial charge is 0.102 e. The van der Waals surface area contributed by atoms with E-state index in [0.29, 0.717) is 29.1 Å². The molecule has 146 valence electrons. The number of fused-ring (bicyclic) bond motifs is 3. The lowest BCUT2D eigenvalue weighted by Crippen LogP contribution is -2.33. The summed E-state index contributed by atoms with van der Waals surface area (Å²) in [4.78, 5) is 0. The Balaban J connectivity index is 1.55. The highest BCUT2D eigenvalue weighted by Crippen LogP contribution is 2.63. The van der Waals surface area contributed by atoms with Crippen LogP contribution in [0.2, 0.25) is 0 Å². The number of rotatable bonds is 3. The van der Waals surface area contributed by atoms with Gasteiger partial charge in [-0.25, -0.2) is 0 Å². The summed E-state index contributed by atoms with van der Waals surface area (Å²) in [7, 11) is 0. The summed E-state index contributed by atoms with van der Waals surface area (Å²) in [6, 6.07) is 0. The summed E-state index contributed by atoms with van der Waals surface area (Å²) >= 11 is 2.58. The lowest BCUT2D eigenvalue weighted by molar-refractivity contribution is 0.133. The van der Waals surface area contributed by atoms with Crippen LogP contribution in [0.15, 0.2) is 58.8 Å². The van der Waals surface area contributed by atoms with Crippen LogP contribution in [0.25, 0.3) is 0 Å². The summed E-state index contributed by atoms with van der Waals surface area (Å²) in [5.74, 6) is 5.95. The minimum Gasteiger partial charge on any atom is -0.102 e. The Morgan fingerprint density at radius 2 is 1.81 bits per heavy atom. The molecule has 7 unspecified atom stereocenters. The van der Waals surface area contributed by atoms with Gasteiger partial charge in [0.15, 0.2) is 0 Å². The molecule has 4 aliphatic rings. The van der Waals surface area contributed by atoms with Crippen LogP contribution in [0.4, 0.5) is 0 Å². The molecule has 0 N–H and O–H groups in total. The van der Waals surface area contributed by atoms with Gasteiger partial charge in [-0.2, -0.15) is 0 Å². The van der Waals surface area contributed by atoms with E-state index >= 15 is 0 Å². The van der Waals surface area contributed by atoms with Crippen molar-refractivity contribution in [3.8, 4) is 0 Å². The van der Waals surface area contributed by atoms with Crippen molar-refractivity contribution in [2.75, 3.05) is 0 Å². The van der Waals surface area contributed by atoms with Crippen molar-refractivity contribution in [3.63, 3.8) is 0 Å². The standard InChI is InChI=1S/C26H35I/c1-5-7-18-14-19(9-8-17(18)6-2)20-10-12-22-23-13-11-21(27)16-25(23)26(3,4)24(22)15-20/h5-12,17-20,22-25H,2,13-16H2,1,3-4H3/b7-5-/t17-,18?,19?,20?,22?,23?,24?,25?/m1/s1. The van der Waals surface area contributed by atoms with Crippen molar-refractivity contribution in [1.29, 1.82) is 0 Å². The Kier molecular flexibility index (Phi) is 5.62. The van der Waals surface area contributed by atoms with Crippen molar-refractivity contribution in [3.05, 3.63) is 58.8 Å². The highest BCUT2D eigenvalue weighted by molar-refractivity contribution is 14.1. The SMILES string of the molecule is C=C[C@@H]1C=CC(C2C=CC3C4CC=C(I)CC4C(C)(C)C3C2)CC1/C=C\C. The first kappa shape index (κ1) is 19.7. The summed E-state index contributed by atoms with van der Waals surface area (Å²) in [6.45, 7) is 11.4. The van der Waals surface area contributed by atoms with Crippen LogP contribution in [0.3, 0.4) is 0 Å². The average Bonchev–Trinajstić information content (AvgIpc) is 2.89. The topological polar surface area (TPSA) is 0 Å². The van der Waals surface area contributed by atoms with Gasteiger partial charge in [-0.3, -0.25) is 0 Å². The molecule has 0 amide bonds. The molecule has 0 aromatic rings. The van der Waals surface area contributed by atoms with Crippen molar-refractivity contribution in [2.45, 2.75) is 46.5 Å². The van der Waals surface area contributed by atoms with Crippen molar-refractivity contribution < 1.29 is 0 Å². The van der Waals surface area contributed by atoms with E-state index in [2.05, 4.69) is 98.5 Å². The van der Waals surface area contributed by atoms with Gasteiger partial charge in [0.05, 0.1) is 0 Å². The summed E-state index contributed by atoms with van der Waals surface area (Å²) < 4.78 is 1.60. The molecule has 1 fully saturated rings. The molecule has 0 spiro atoms. The third-order valence-corrected chi connectivity index (χ3v) is 9.28. The van der Waals surface area contributed by atoms with E-state index in [1.165, 1.54) is 25.7 Å². The maximum atomic E-state index is 4.06. The van der Waals surface area contributed by atoms with Gasteiger partial charge in [0.2, 0.25) is 0 Å². The molecular weight excluding hydrogens is 439 g/mol. The van der Waals surface area contributed by atoms with Crippen LogP contribution in [0.5, 0.6) is 0 Å². The van der Waals surface area contributed by atoms with E-state index in [0.717, 1.165) is 23.7 Å². The summed E-state index contributed by atoms with van der Waals surface area (Å²) in [5, 5.41) is 0. The zero-order valence-corrected chi connectivity index (χ0v) is 19.3. The molecule has 4 rings (SSSR count). The van der Waals surface area contributed by atoms with Gasteiger partial charge < -0.3 is 0 Å². The molecule has 1 heteroatoms. The monoisotopic (exact) mass is 474 g/mol. The van der Waals surface area contributed by atoms with E-state index in [-0.39, 0.29) is 0 Å². The van der Waals surface area contributed by atoms with Crippen LogP contribution in [-0.4, -0.2) is 0 Å². The summed E-state index contributed by atoms with van der Waals surface area (Å²) in [5.41, 5.74) is 0.466. The van der Waals surface area contributed by atoms with Crippen molar-refractivity contribution in [1.82, 2.24) is 0 Å². The lowest BCUT2D eigenvalue weighted by atomic mass is 9.64. The third kappa shape index (κ3) is 3.47.